The highest BCUT2D eigenvalue weighted by Crippen LogP contribution is 2.19. The molecule has 1 saturated heterocycles. The smallest absolute Gasteiger partial charge is 0.270 e. The van der Waals surface area contributed by atoms with Gasteiger partial charge in [-0.25, -0.2) is 0 Å². The number of H-pyrrole nitrogens is 1. The third-order valence-electron chi connectivity index (χ3n) is 2.81. The summed E-state index contributed by atoms with van der Waals surface area (Å²) < 4.78 is 0. The van der Waals surface area contributed by atoms with Gasteiger partial charge < -0.3 is 9.88 Å². The fourth-order valence-electron chi connectivity index (χ4n) is 1.99. The molecule has 1 aliphatic heterocycles. The van der Waals surface area contributed by atoms with Crippen LogP contribution in [0.1, 0.15) is 23.3 Å². The first-order chi connectivity index (χ1) is 7.72. The number of halogens is 1. The maximum absolute atomic E-state index is 12.1. The topological polar surface area (TPSA) is 53.2 Å². The summed E-state index contributed by atoms with van der Waals surface area (Å²) in [4.78, 5) is 27.4. The number of carbonyl (C=O) groups is 1. The lowest BCUT2D eigenvalue weighted by molar-refractivity contribution is 0.0743. The van der Waals surface area contributed by atoms with Crippen LogP contribution in [0, 0.1) is 0 Å². The van der Waals surface area contributed by atoms with Crippen molar-refractivity contribution in [1.29, 1.82) is 0 Å². The van der Waals surface area contributed by atoms with E-state index in [-0.39, 0.29) is 17.5 Å². The summed E-state index contributed by atoms with van der Waals surface area (Å²) in [6, 6.07) is 4.68. The molecule has 1 N–H and O–H groups in total. The van der Waals surface area contributed by atoms with Crippen molar-refractivity contribution < 1.29 is 4.79 Å². The third-order valence-corrected chi connectivity index (χ3v) is 3.17. The van der Waals surface area contributed by atoms with E-state index < -0.39 is 0 Å². The number of nitrogens with zero attached hydrogens (tertiary/aromatic N) is 1. The molecule has 0 radical (unpaired) electrons. The van der Waals surface area contributed by atoms with Crippen LogP contribution >= 0.6 is 11.6 Å². The number of aromatic nitrogens is 1. The van der Waals surface area contributed by atoms with Crippen LogP contribution in [0.15, 0.2) is 23.0 Å². The summed E-state index contributed by atoms with van der Waals surface area (Å²) >= 11 is 5.80. The van der Waals surface area contributed by atoms with Crippen molar-refractivity contribution in [3.05, 3.63) is 34.2 Å². The van der Waals surface area contributed by atoms with Gasteiger partial charge in [-0.3, -0.25) is 9.59 Å². The minimum Gasteiger partial charge on any atom is -0.333 e. The van der Waals surface area contributed by atoms with Gasteiger partial charge in [0.2, 0.25) is 5.56 Å². The second kappa shape index (κ2) is 4.70. The van der Waals surface area contributed by atoms with Gasteiger partial charge in [-0.1, -0.05) is 6.07 Å². The summed E-state index contributed by atoms with van der Waals surface area (Å²) in [6.45, 7) is 0.715. The minimum absolute atomic E-state index is 0.0953. The first-order valence-corrected chi connectivity index (χ1v) is 5.82. The van der Waals surface area contributed by atoms with Gasteiger partial charge in [0.15, 0.2) is 0 Å². The van der Waals surface area contributed by atoms with Crippen molar-refractivity contribution in [2.24, 2.45) is 0 Å². The molecule has 0 aliphatic carbocycles. The lowest BCUT2D eigenvalue weighted by Gasteiger charge is -2.22. The molecule has 1 aliphatic rings. The average molecular weight is 241 g/mol. The number of carbonyl (C=O) groups excluding carboxylic acids is 1. The highest BCUT2D eigenvalue weighted by Gasteiger charge is 2.28. The second-order valence-electron chi connectivity index (χ2n) is 3.88. The Bertz CT molecular complexity index is 444. The number of pyridine rings is 1. The maximum Gasteiger partial charge on any atom is 0.270 e. The number of hydrogen-bond acceptors (Lipinski definition) is 2. The average Bonchev–Trinajstić information content (AvgIpc) is 2.76. The summed E-state index contributed by atoms with van der Waals surface area (Å²) in [5.74, 6) is 0.309. The van der Waals surface area contributed by atoms with Gasteiger partial charge in [0.25, 0.3) is 5.91 Å². The van der Waals surface area contributed by atoms with Crippen LogP contribution in [-0.2, 0) is 0 Å². The third kappa shape index (κ3) is 2.11. The molecule has 1 fully saturated rings. The number of rotatable bonds is 2. The number of amides is 1. The number of alkyl halides is 1. The molecule has 1 aromatic heterocycles. The Hall–Kier alpha value is -1.29. The van der Waals surface area contributed by atoms with Gasteiger partial charge in [0.05, 0.1) is 0 Å². The van der Waals surface area contributed by atoms with Gasteiger partial charge in [-0.15, -0.1) is 11.6 Å². The molecule has 1 atom stereocenters. The number of likely N-dealkylation sites (tertiary alicyclic amines) is 1. The van der Waals surface area contributed by atoms with E-state index in [0.29, 0.717) is 18.1 Å². The molecular weight excluding hydrogens is 228 g/mol. The number of hydrogen-bond donors (Lipinski definition) is 1. The van der Waals surface area contributed by atoms with Gasteiger partial charge in [-0.2, -0.15) is 0 Å². The van der Waals surface area contributed by atoms with Gasteiger partial charge in [0, 0.05) is 24.5 Å². The Morgan fingerprint density at radius 3 is 3.06 bits per heavy atom. The van der Waals surface area contributed by atoms with Crippen LogP contribution in [0.25, 0.3) is 0 Å². The molecule has 0 saturated carbocycles. The van der Waals surface area contributed by atoms with E-state index in [1.165, 1.54) is 6.07 Å². The monoisotopic (exact) mass is 240 g/mol. The van der Waals surface area contributed by atoms with E-state index in [1.54, 1.807) is 17.0 Å². The van der Waals surface area contributed by atoms with E-state index in [0.717, 1.165) is 12.8 Å². The zero-order chi connectivity index (χ0) is 11.5. The van der Waals surface area contributed by atoms with E-state index in [2.05, 4.69) is 4.98 Å². The second-order valence-corrected chi connectivity index (χ2v) is 4.19. The standard InChI is InChI=1S/C11H13ClN2O2/c12-7-8-3-2-6-14(8)11(16)9-4-1-5-10(15)13-9/h1,4-5,8H,2-3,6-7H2,(H,13,15). The predicted octanol–water partition coefficient (Wildman–Crippen LogP) is 1.22. The zero-order valence-electron chi connectivity index (χ0n) is 8.78. The summed E-state index contributed by atoms with van der Waals surface area (Å²) in [7, 11) is 0. The van der Waals surface area contributed by atoms with Crippen molar-refractivity contribution in [3.63, 3.8) is 0 Å². The molecule has 0 spiro atoms. The van der Waals surface area contributed by atoms with E-state index in [1.807, 2.05) is 0 Å². The van der Waals surface area contributed by atoms with Crippen molar-refractivity contribution in [2.75, 3.05) is 12.4 Å². The van der Waals surface area contributed by atoms with Gasteiger partial charge in [-0.05, 0) is 18.9 Å². The Morgan fingerprint density at radius 1 is 1.56 bits per heavy atom. The molecule has 86 valence electrons. The lowest BCUT2D eigenvalue weighted by Crippen LogP contribution is -2.37. The van der Waals surface area contributed by atoms with Crippen molar-refractivity contribution in [3.8, 4) is 0 Å². The van der Waals surface area contributed by atoms with Crippen molar-refractivity contribution in [1.82, 2.24) is 9.88 Å². The molecule has 16 heavy (non-hydrogen) atoms. The fraction of sp³-hybridized carbons (Fsp3) is 0.455. The van der Waals surface area contributed by atoms with Crippen LogP contribution in [0.5, 0.6) is 0 Å². The van der Waals surface area contributed by atoms with Crippen LogP contribution in [0.4, 0.5) is 0 Å². The highest BCUT2D eigenvalue weighted by atomic mass is 35.5. The largest absolute Gasteiger partial charge is 0.333 e. The van der Waals surface area contributed by atoms with Crippen LogP contribution in [0.3, 0.4) is 0 Å². The molecule has 5 heteroatoms. The minimum atomic E-state index is -0.257. The zero-order valence-corrected chi connectivity index (χ0v) is 9.54. The fourth-order valence-corrected chi connectivity index (χ4v) is 2.31. The van der Waals surface area contributed by atoms with Gasteiger partial charge in [0.1, 0.15) is 5.69 Å². The number of nitrogens with one attached hydrogen (secondary N) is 1. The number of aromatic amines is 1. The van der Waals surface area contributed by atoms with E-state index in [9.17, 15) is 9.59 Å². The maximum atomic E-state index is 12.1. The molecule has 0 bridgehead atoms. The predicted molar refractivity (Wildman–Crippen MR) is 61.8 cm³/mol. The van der Waals surface area contributed by atoms with E-state index in [4.69, 9.17) is 11.6 Å². The molecule has 4 nitrogen and oxygen atoms in total. The molecular formula is C11H13ClN2O2. The SMILES string of the molecule is O=C(c1cccc(=O)[nH]1)N1CCCC1CCl. The normalized spacial score (nSPS) is 20.1. The molecule has 0 aromatic carbocycles. The Labute approximate surface area is 98.2 Å². The highest BCUT2D eigenvalue weighted by molar-refractivity contribution is 6.18. The van der Waals surface area contributed by atoms with Crippen LogP contribution < -0.4 is 5.56 Å². The summed E-state index contributed by atoms with van der Waals surface area (Å²) in [5.41, 5.74) is 0.0805. The summed E-state index contributed by atoms with van der Waals surface area (Å²) in [6.07, 6.45) is 1.91. The quantitative estimate of drug-likeness (QED) is 0.791. The van der Waals surface area contributed by atoms with Crippen LogP contribution in [-0.4, -0.2) is 34.3 Å². The molecule has 1 aromatic rings. The molecule has 1 unspecified atom stereocenters. The van der Waals surface area contributed by atoms with E-state index >= 15 is 0 Å². The Balaban J connectivity index is 2.22. The van der Waals surface area contributed by atoms with Crippen molar-refractivity contribution in [2.45, 2.75) is 18.9 Å². The lowest BCUT2D eigenvalue weighted by atomic mass is 10.2. The van der Waals surface area contributed by atoms with Crippen molar-refractivity contribution >= 4 is 17.5 Å². The summed E-state index contributed by atoms with van der Waals surface area (Å²) in [5, 5.41) is 0. The molecule has 1 amide bonds. The first-order valence-electron chi connectivity index (χ1n) is 5.28. The molecule has 2 rings (SSSR count). The Morgan fingerprint density at radius 2 is 2.38 bits per heavy atom. The molecule has 2 heterocycles. The first kappa shape index (κ1) is 11.2. The van der Waals surface area contributed by atoms with Crippen LogP contribution in [0.2, 0.25) is 0 Å². The van der Waals surface area contributed by atoms with Gasteiger partial charge >= 0.3 is 0 Å². The Kier molecular flexibility index (Phi) is 3.29.